The zero-order valence-electron chi connectivity index (χ0n) is 23.2. The predicted octanol–water partition coefficient (Wildman–Crippen LogP) is 6.57. The number of amides is 3. The highest BCUT2D eigenvalue weighted by Crippen LogP contribution is 2.33. The molecule has 0 aliphatic carbocycles. The van der Waals surface area contributed by atoms with Gasteiger partial charge >= 0.3 is 12.4 Å². The topological polar surface area (TPSA) is 102 Å². The molecule has 0 spiro atoms. The summed E-state index contributed by atoms with van der Waals surface area (Å²) in [5.41, 5.74) is 5.71. The molecule has 1 aliphatic heterocycles. The van der Waals surface area contributed by atoms with Crippen LogP contribution in [0, 0.1) is 20.8 Å². The number of alkyl halides is 3. The molecule has 2 heterocycles. The van der Waals surface area contributed by atoms with Crippen molar-refractivity contribution in [2.24, 2.45) is 4.99 Å². The van der Waals surface area contributed by atoms with E-state index in [9.17, 15) is 22.8 Å². The zero-order chi connectivity index (χ0) is 30.7. The van der Waals surface area contributed by atoms with Crippen molar-refractivity contribution >= 4 is 40.6 Å². The molecule has 3 aromatic carbocycles. The zero-order valence-corrected chi connectivity index (χ0v) is 24.0. The van der Waals surface area contributed by atoms with Gasteiger partial charge in [-0.2, -0.15) is 4.99 Å². The van der Waals surface area contributed by atoms with Crippen molar-refractivity contribution in [2.45, 2.75) is 27.1 Å². The summed E-state index contributed by atoms with van der Waals surface area (Å²) >= 11 is 1.22. The number of hydrogen-bond acceptors (Lipinski definition) is 6. The van der Waals surface area contributed by atoms with Gasteiger partial charge in [-0.3, -0.25) is 9.69 Å². The van der Waals surface area contributed by atoms with Crippen LogP contribution in [0.15, 0.2) is 78.2 Å². The van der Waals surface area contributed by atoms with Crippen LogP contribution in [0.3, 0.4) is 0 Å². The molecule has 1 N–H and O–H groups in total. The Labute approximate surface area is 249 Å². The van der Waals surface area contributed by atoms with Crippen LogP contribution in [0.1, 0.15) is 22.3 Å². The molecule has 1 aromatic heterocycles. The van der Waals surface area contributed by atoms with Crippen LogP contribution >= 0.6 is 11.8 Å². The molecule has 0 radical (unpaired) electrons. The number of hydrogen-bond donors (Lipinski definition) is 1. The number of aromatic nitrogens is 3. The molecular formula is C30H25F3N6O3S. The SMILES string of the molecule is Cc1cc(C)c(N2C(=O)CSC2=NC(=O)N/C=C/c2ccc(-c3ncn(-c4ccc(OC(F)(F)F)cc4)n3)cc2)c(C)c1. The lowest BCUT2D eigenvalue weighted by Crippen LogP contribution is -2.32. The fraction of sp³-hybridized carbons (Fsp3) is 0.167. The van der Waals surface area contributed by atoms with Crippen molar-refractivity contribution in [1.82, 2.24) is 20.1 Å². The highest BCUT2D eigenvalue weighted by atomic mass is 32.2. The molecule has 0 unspecified atom stereocenters. The number of aliphatic imine (C=N–C) groups is 1. The number of thioether (sulfide) groups is 1. The molecule has 3 amide bonds. The molecule has 5 rings (SSSR count). The average molecular weight is 607 g/mol. The number of halogens is 3. The Hall–Kier alpha value is -4.91. The number of aryl methyl sites for hydroxylation is 3. The summed E-state index contributed by atoms with van der Waals surface area (Å²) in [6.45, 7) is 5.85. The van der Waals surface area contributed by atoms with Gasteiger partial charge in [0.2, 0.25) is 5.91 Å². The summed E-state index contributed by atoms with van der Waals surface area (Å²) < 4.78 is 42.5. The lowest BCUT2D eigenvalue weighted by molar-refractivity contribution is -0.274. The second-order valence-corrected chi connectivity index (χ2v) is 10.6. The Morgan fingerprint density at radius 1 is 1.05 bits per heavy atom. The lowest BCUT2D eigenvalue weighted by atomic mass is 10.0. The summed E-state index contributed by atoms with van der Waals surface area (Å²) in [4.78, 5) is 35.1. The van der Waals surface area contributed by atoms with E-state index in [0.29, 0.717) is 22.2 Å². The summed E-state index contributed by atoms with van der Waals surface area (Å²) in [5.74, 6) is 0.167. The minimum Gasteiger partial charge on any atom is -0.406 e. The van der Waals surface area contributed by atoms with Crippen molar-refractivity contribution in [3.05, 3.63) is 95.4 Å². The van der Waals surface area contributed by atoms with Gasteiger partial charge < -0.3 is 10.1 Å². The molecule has 220 valence electrons. The minimum absolute atomic E-state index is 0.130. The van der Waals surface area contributed by atoms with E-state index in [1.807, 2.05) is 45.0 Å². The first-order chi connectivity index (χ1) is 20.5. The third-order valence-electron chi connectivity index (χ3n) is 6.30. The molecule has 9 nitrogen and oxygen atoms in total. The van der Waals surface area contributed by atoms with Crippen LogP contribution in [-0.2, 0) is 4.79 Å². The standard InChI is InChI=1S/C30H25F3N6O3S/c1-18-14-19(2)26(20(3)15-18)39-25(40)16-43-29(39)36-28(41)34-13-12-21-4-6-22(7-5-21)27-35-17-38(37-27)23-8-10-24(11-9-23)42-30(31,32)33/h4-15,17H,16H2,1-3H3,(H,34,41)/b13-12+,36-29?. The fourth-order valence-corrected chi connectivity index (χ4v) is 5.43. The van der Waals surface area contributed by atoms with Gasteiger partial charge in [0.25, 0.3) is 0 Å². The van der Waals surface area contributed by atoms with Gasteiger partial charge in [0.1, 0.15) is 12.1 Å². The van der Waals surface area contributed by atoms with E-state index in [4.69, 9.17) is 0 Å². The molecule has 0 atom stereocenters. The van der Waals surface area contributed by atoms with Crippen LogP contribution in [0.4, 0.5) is 23.7 Å². The van der Waals surface area contributed by atoms with Crippen LogP contribution in [-0.4, -0.2) is 44.0 Å². The Morgan fingerprint density at radius 2 is 1.72 bits per heavy atom. The summed E-state index contributed by atoms with van der Waals surface area (Å²) in [6.07, 6.45) is -0.146. The number of rotatable bonds is 6. The number of carbonyl (C=O) groups is 2. The molecule has 1 aliphatic rings. The molecule has 0 saturated carbocycles. The minimum atomic E-state index is -4.76. The second kappa shape index (κ2) is 12.1. The van der Waals surface area contributed by atoms with Crippen molar-refractivity contribution in [3.63, 3.8) is 0 Å². The number of ether oxygens (including phenoxy) is 1. The van der Waals surface area contributed by atoms with Crippen molar-refractivity contribution in [2.75, 3.05) is 10.7 Å². The first kappa shape index (κ1) is 29.6. The Bertz CT molecular complexity index is 1710. The number of urea groups is 1. The van der Waals surface area contributed by atoms with E-state index in [0.717, 1.165) is 27.9 Å². The van der Waals surface area contributed by atoms with Gasteiger partial charge in [0.05, 0.1) is 17.1 Å². The van der Waals surface area contributed by atoms with Gasteiger partial charge in [-0.1, -0.05) is 53.7 Å². The van der Waals surface area contributed by atoms with E-state index < -0.39 is 12.4 Å². The smallest absolute Gasteiger partial charge is 0.406 e. The monoisotopic (exact) mass is 606 g/mol. The maximum Gasteiger partial charge on any atom is 0.573 e. The number of nitrogens with zero attached hydrogens (tertiary/aromatic N) is 5. The van der Waals surface area contributed by atoms with Crippen LogP contribution in [0.5, 0.6) is 5.75 Å². The third-order valence-corrected chi connectivity index (χ3v) is 7.22. The number of amidine groups is 1. The lowest BCUT2D eigenvalue weighted by Gasteiger charge is -2.21. The van der Waals surface area contributed by atoms with Crippen molar-refractivity contribution < 1.29 is 27.5 Å². The number of benzene rings is 3. The van der Waals surface area contributed by atoms with Crippen molar-refractivity contribution in [3.8, 4) is 22.8 Å². The quantitative estimate of drug-likeness (QED) is 0.266. The normalized spacial score (nSPS) is 14.6. The van der Waals surface area contributed by atoms with Crippen molar-refractivity contribution in [1.29, 1.82) is 0 Å². The Morgan fingerprint density at radius 3 is 2.37 bits per heavy atom. The summed E-state index contributed by atoms with van der Waals surface area (Å²) in [7, 11) is 0. The molecule has 13 heteroatoms. The summed E-state index contributed by atoms with van der Waals surface area (Å²) in [5, 5.41) is 7.33. The molecule has 0 bridgehead atoms. The third kappa shape index (κ3) is 7.12. The Balaban J connectivity index is 1.21. The van der Waals surface area contributed by atoms with E-state index in [2.05, 4.69) is 25.1 Å². The number of nitrogens with one attached hydrogen (secondary N) is 1. The van der Waals surface area contributed by atoms with Gasteiger partial charge in [-0.25, -0.2) is 14.5 Å². The Kier molecular flexibility index (Phi) is 8.35. The van der Waals surface area contributed by atoms with E-state index in [1.54, 1.807) is 18.2 Å². The van der Waals surface area contributed by atoms with Gasteiger partial charge in [-0.15, -0.1) is 18.3 Å². The second-order valence-electron chi connectivity index (χ2n) is 9.62. The summed E-state index contributed by atoms with van der Waals surface area (Å²) in [6, 6.07) is 15.9. The van der Waals surface area contributed by atoms with E-state index >= 15 is 0 Å². The largest absolute Gasteiger partial charge is 0.573 e. The molecule has 4 aromatic rings. The maximum absolute atomic E-state index is 12.6. The highest BCUT2D eigenvalue weighted by Gasteiger charge is 2.32. The van der Waals surface area contributed by atoms with Crippen LogP contribution < -0.4 is 15.0 Å². The average Bonchev–Trinajstić information content (AvgIpc) is 3.56. The molecule has 1 saturated heterocycles. The fourth-order valence-electron chi connectivity index (χ4n) is 4.58. The number of anilines is 1. The molecule has 1 fully saturated rings. The van der Waals surface area contributed by atoms with Crippen LogP contribution in [0.2, 0.25) is 0 Å². The predicted molar refractivity (Wildman–Crippen MR) is 159 cm³/mol. The first-order valence-corrected chi connectivity index (χ1v) is 13.9. The number of carbonyl (C=O) groups excluding carboxylic acids is 2. The van der Waals surface area contributed by atoms with Crippen LogP contribution in [0.25, 0.3) is 23.2 Å². The maximum atomic E-state index is 12.6. The van der Waals surface area contributed by atoms with E-state index in [1.165, 1.54) is 58.1 Å². The van der Waals surface area contributed by atoms with E-state index in [-0.39, 0.29) is 17.4 Å². The van der Waals surface area contributed by atoms with Gasteiger partial charge in [0, 0.05) is 11.8 Å². The first-order valence-electron chi connectivity index (χ1n) is 12.9. The van der Waals surface area contributed by atoms with Gasteiger partial charge in [-0.05, 0) is 67.8 Å². The molecular weight excluding hydrogens is 581 g/mol. The van der Waals surface area contributed by atoms with Gasteiger partial charge in [0.15, 0.2) is 11.0 Å². The highest BCUT2D eigenvalue weighted by molar-refractivity contribution is 8.15. The molecule has 43 heavy (non-hydrogen) atoms.